The van der Waals surface area contributed by atoms with Gasteiger partial charge in [0.2, 0.25) is 0 Å². The Labute approximate surface area is 85.2 Å². The third-order valence-electron chi connectivity index (χ3n) is 1.28. The summed E-state index contributed by atoms with van der Waals surface area (Å²) in [7, 11) is -1.31. The molecule has 64 valence electrons. The van der Waals surface area contributed by atoms with E-state index in [1.54, 1.807) is 0 Å². The van der Waals surface area contributed by atoms with E-state index < -0.39 is 7.01 Å². The van der Waals surface area contributed by atoms with Gasteiger partial charge in [0, 0.05) is 28.1 Å². The lowest BCUT2D eigenvalue weighted by molar-refractivity contribution is 0.363. The van der Waals surface area contributed by atoms with Gasteiger partial charge in [-0.15, -0.1) is 0 Å². The van der Waals surface area contributed by atoms with Crippen molar-refractivity contribution in [2.75, 3.05) is 13.1 Å². The van der Waals surface area contributed by atoms with Crippen molar-refractivity contribution in [1.82, 2.24) is 5.32 Å². The molecule has 1 aliphatic rings. The van der Waals surface area contributed by atoms with Crippen molar-refractivity contribution < 1.29 is 3.89 Å². The van der Waals surface area contributed by atoms with Crippen molar-refractivity contribution >= 4 is 39.4 Å². The van der Waals surface area contributed by atoms with Crippen LogP contribution in [0, 0.1) is 6.57 Å². The van der Waals surface area contributed by atoms with Gasteiger partial charge in [0.25, 0.3) is 5.54 Å². The van der Waals surface area contributed by atoms with Gasteiger partial charge < -0.3 is 10.2 Å². The quantitative estimate of drug-likeness (QED) is 0.415. The molecule has 0 aromatic rings. The molecule has 0 saturated carbocycles. The molecule has 1 rings (SSSR count). The maximum absolute atomic E-state index is 10.8. The molecule has 6 heteroatoms. The first-order valence-electron chi connectivity index (χ1n) is 2.84. The van der Waals surface area contributed by atoms with Crippen LogP contribution in [0.25, 0.3) is 4.85 Å². The Morgan fingerprint density at radius 1 is 1.82 bits per heavy atom. The van der Waals surface area contributed by atoms with Crippen LogP contribution in [-0.4, -0.2) is 18.6 Å². The zero-order valence-corrected chi connectivity index (χ0v) is 9.72. The lowest BCUT2D eigenvalue weighted by Crippen LogP contribution is -2.54. The van der Waals surface area contributed by atoms with Crippen LogP contribution < -0.4 is 5.32 Å². The Hall–Kier alpha value is 0.680. The van der Waals surface area contributed by atoms with Crippen LogP contribution in [0.1, 0.15) is 6.92 Å². The van der Waals surface area contributed by atoms with E-state index in [9.17, 15) is 3.89 Å². The largest absolute Gasteiger partial charge is 0.308 e. The minimum Gasteiger partial charge on any atom is -0.308 e. The molecule has 11 heavy (non-hydrogen) atoms. The van der Waals surface area contributed by atoms with Gasteiger partial charge in [-0.05, 0) is 11.2 Å². The number of rotatable bonds is 0. The Morgan fingerprint density at radius 2 is 2.18 bits per heavy atom. The van der Waals surface area contributed by atoms with Gasteiger partial charge >= 0.3 is 0 Å². The van der Waals surface area contributed by atoms with Crippen LogP contribution in [-0.2, 0) is 18.2 Å². The number of nitrogens with zero attached hydrogens (tertiary/aromatic N) is 1. The van der Waals surface area contributed by atoms with E-state index >= 15 is 0 Å². The maximum Gasteiger partial charge on any atom is 0.254 e. The standard InChI is InChI=1S/C5H8N2.FIS2/c1-5(6-2)3-7-4-5;1-4(2)3/h7H,3-4H2,1H3;. The summed E-state index contributed by atoms with van der Waals surface area (Å²) in [6.45, 7) is 10.4. The molecule has 1 heterocycles. The molecule has 1 atom stereocenters. The highest BCUT2D eigenvalue weighted by Crippen LogP contribution is 2.13. The van der Waals surface area contributed by atoms with Crippen LogP contribution in [0.2, 0.25) is 0 Å². The van der Waals surface area contributed by atoms with Crippen LogP contribution >= 0.6 is 21.2 Å². The van der Waals surface area contributed by atoms with Crippen molar-refractivity contribution in [2.45, 2.75) is 12.5 Å². The second-order valence-electron chi connectivity index (χ2n) is 2.40. The zero-order valence-electron chi connectivity index (χ0n) is 5.93. The fraction of sp³-hybridized carbons (Fsp3) is 0.800. The van der Waals surface area contributed by atoms with E-state index in [1.165, 1.54) is 21.2 Å². The molecule has 0 bridgehead atoms. The molecule has 1 aliphatic heterocycles. The lowest BCUT2D eigenvalue weighted by Gasteiger charge is -2.26. The number of hydrogen-bond acceptors (Lipinski definition) is 2. The van der Waals surface area contributed by atoms with Crippen LogP contribution in [0.5, 0.6) is 0 Å². The van der Waals surface area contributed by atoms with Crippen LogP contribution in [0.4, 0.5) is 3.89 Å². The molecule has 0 radical (unpaired) electrons. The minimum atomic E-state index is -1.31. The first kappa shape index (κ1) is 11.7. The highest BCUT2D eigenvalue weighted by Gasteiger charge is 2.37. The van der Waals surface area contributed by atoms with Gasteiger partial charge in [-0.1, -0.05) is 0 Å². The van der Waals surface area contributed by atoms with Gasteiger partial charge in [0.1, 0.15) is 7.01 Å². The molecule has 1 unspecified atom stereocenters. The molecule has 0 aliphatic carbocycles. The Kier molecular flexibility index (Phi) is 5.68. The fourth-order valence-electron chi connectivity index (χ4n) is 0.566. The van der Waals surface area contributed by atoms with E-state index in [-0.39, 0.29) is 5.54 Å². The van der Waals surface area contributed by atoms with Crippen molar-refractivity contribution in [2.24, 2.45) is 0 Å². The predicted octanol–water partition coefficient (Wildman–Crippen LogP) is 1.57. The summed E-state index contributed by atoms with van der Waals surface area (Å²) in [5.74, 6) is 0. The molecule has 0 amide bonds. The zero-order chi connectivity index (χ0) is 8.91. The van der Waals surface area contributed by atoms with Gasteiger partial charge in [0.15, 0.2) is 0 Å². The van der Waals surface area contributed by atoms with E-state index in [4.69, 9.17) is 6.57 Å². The van der Waals surface area contributed by atoms with E-state index in [1.807, 2.05) is 6.92 Å². The molecule has 0 aromatic heterocycles. The summed E-state index contributed by atoms with van der Waals surface area (Å²) in [5.41, 5.74) is -0.0556. The van der Waals surface area contributed by atoms with Crippen LogP contribution in [0.15, 0.2) is 0 Å². The minimum absolute atomic E-state index is 0.0556. The average molecular weight is 306 g/mol. The topological polar surface area (TPSA) is 16.4 Å². The smallest absolute Gasteiger partial charge is 0.254 e. The third kappa shape index (κ3) is 5.90. The molecule has 2 nitrogen and oxygen atoms in total. The van der Waals surface area contributed by atoms with Gasteiger partial charge in [-0.3, -0.25) is 0 Å². The lowest BCUT2D eigenvalue weighted by atomic mass is 9.97. The molecule has 1 N–H and O–H groups in total. The SMILES string of the molecule is FS(=S)I.[C-]#[N+]C1(C)CNC1. The van der Waals surface area contributed by atoms with Crippen LogP contribution in [0.3, 0.4) is 0 Å². The Bertz CT molecular complexity index is 183. The second-order valence-corrected chi connectivity index (χ2v) is 7.76. The molecular formula is C5H8FIN2S2. The van der Waals surface area contributed by atoms with Gasteiger partial charge in [-0.2, -0.15) is 3.89 Å². The molecule has 1 saturated heterocycles. The summed E-state index contributed by atoms with van der Waals surface area (Å²) in [6.07, 6.45) is 0. The molecule has 0 spiro atoms. The third-order valence-corrected chi connectivity index (χ3v) is 1.28. The molecule has 0 aromatic carbocycles. The number of hydrogen-bond donors (Lipinski definition) is 1. The van der Waals surface area contributed by atoms with Gasteiger partial charge in [-0.25, -0.2) is 6.57 Å². The summed E-state index contributed by atoms with van der Waals surface area (Å²) < 4.78 is 10.8. The molecular weight excluding hydrogens is 298 g/mol. The number of halogens is 2. The Balaban J connectivity index is 0.000000218. The van der Waals surface area contributed by atoms with Crippen molar-refractivity contribution in [3.63, 3.8) is 0 Å². The summed E-state index contributed by atoms with van der Waals surface area (Å²) >= 11 is 5.49. The van der Waals surface area contributed by atoms with Crippen molar-refractivity contribution in [3.05, 3.63) is 11.4 Å². The van der Waals surface area contributed by atoms with Crippen molar-refractivity contribution in [1.29, 1.82) is 0 Å². The summed E-state index contributed by atoms with van der Waals surface area (Å²) in [4.78, 5) is 3.41. The van der Waals surface area contributed by atoms with E-state index in [0.717, 1.165) is 13.1 Å². The molecule has 1 fully saturated rings. The average Bonchev–Trinajstić information content (AvgIpc) is 1.82. The highest BCUT2D eigenvalue weighted by atomic mass is 127. The Morgan fingerprint density at radius 3 is 2.18 bits per heavy atom. The second kappa shape index (κ2) is 5.35. The summed E-state index contributed by atoms with van der Waals surface area (Å²) in [5, 5.41) is 3.04. The maximum atomic E-state index is 10.8. The predicted molar refractivity (Wildman–Crippen MR) is 57.7 cm³/mol. The number of nitrogens with one attached hydrogen (secondary N) is 1. The fourth-order valence-corrected chi connectivity index (χ4v) is 0.566. The normalized spacial score (nSPS) is 21.6. The summed E-state index contributed by atoms with van der Waals surface area (Å²) in [6, 6.07) is 0. The first-order valence-corrected chi connectivity index (χ1v) is 7.43. The van der Waals surface area contributed by atoms with E-state index in [0.29, 0.717) is 0 Å². The van der Waals surface area contributed by atoms with Gasteiger partial charge in [0.05, 0.1) is 13.1 Å². The van der Waals surface area contributed by atoms with E-state index in [2.05, 4.69) is 21.3 Å². The monoisotopic (exact) mass is 306 g/mol. The first-order chi connectivity index (χ1) is 5.00. The highest BCUT2D eigenvalue weighted by molar-refractivity contribution is 14.2. The van der Waals surface area contributed by atoms with Crippen molar-refractivity contribution in [3.8, 4) is 0 Å².